The van der Waals surface area contributed by atoms with Crippen LogP contribution in [-0.2, 0) is 18.9 Å². The van der Waals surface area contributed by atoms with E-state index in [1.165, 1.54) is 6.07 Å². The molecule has 2 aliphatic heterocycles. The molecular formula is C19H24F2O4. The Morgan fingerprint density at radius 3 is 2.24 bits per heavy atom. The fourth-order valence-electron chi connectivity index (χ4n) is 3.78. The Bertz CT molecular complexity index is 577. The largest absolute Gasteiger partial charge is 0.375 e. The van der Waals surface area contributed by atoms with Crippen LogP contribution in [-0.4, -0.2) is 38.6 Å². The molecule has 1 atom stereocenters. The van der Waals surface area contributed by atoms with E-state index < -0.39 is 17.9 Å². The van der Waals surface area contributed by atoms with Gasteiger partial charge in [0.1, 0.15) is 6.10 Å². The van der Waals surface area contributed by atoms with E-state index in [-0.39, 0.29) is 0 Å². The van der Waals surface area contributed by atoms with Crippen molar-refractivity contribution in [3.8, 4) is 0 Å². The van der Waals surface area contributed by atoms with E-state index in [4.69, 9.17) is 18.9 Å². The monoisotopic (exact) mass is 354 g/mol. The summed E-state index contributed by atoms with van der Waals surface area (Å²) in [6, 6.07) is 3.76. The molecule has 0 spiro atoms. The predicted octanol–water partition coefficient (Wildman–Crippen LogP) is 3.60. The average molecular weight is 354 g/mol. The highest BCUT2D eigenvalue weighted by atomic mass is 19.2. The maximum absolute atomic E-state index is 13.3. The van der Waals surface area contributed by atoms with Gasteiger partial charge in [0.15, 0.2) is 17.9 Å². The van der Waals surface area contributed by atoms with Gasteiger partial charge in [-0.05, 0) is 43.7 Å². The van der Waals surface area contributed by atoms with Gasteiger partial charge in [-0.15, -0.1) is 0 Å². The summed E-state index contributed by atoms with van der Waals surface area (Å²) in [4.78, 5) is 0. The third-order valence-corrected chi connectivity index (χ3v) is 5.44. The minimum Gasteiger partial charge on any atom is -0.375 e. The predicted molar refractivity (Wildman–Crippen MR) is 85.9 cm³/mol. The summed E-state index contributed by atoms with van der Waals surface area (Å²) >= 11 is 0. The lowest BCUT2D eigenvalue weighted by Crippen LogP contribution is -2.35. The lowest BCUT2D eigenvalue weighted by Gasteiger charge is -2.37. The zero-order valence-electron chi connectivity index (χ0n) is 14.2. The van der Waals surface area contributed by atoms with Crippen LogP contribution < -0.4 is 0 Å². The van der Waals surface area contributed by atoms with Crippen LogP contribution >= 0.6 is 0 Å². The van der Waals surface area contributed by atoms with Gasteiger partial charge in [0, 0.05) is 11.5 Å². The summed E-state index contributed by atoms with van der Waals surface area (Å²) < 4.78 is 49.0. The zero-order chi connectivity index (χ0) is 17.2. The maximum Gasteiger partial charge on any atom is 0.183 e. The molecule has 0 aromatic heterocycles. The molecule has 6 heteroatoms. The van der Waals surface area contributed by atoms with Gasteiger partial charge in [0.2, 0.25) is 0 Å². The summed E-state index contributed by atoms with van der Waals surface area (Å²) in [7, 11) is 0. The number of benzene rings is 1. The quantitative estimate of drug-likeness (QED) is 0.758. The van der Waals surface area contributed by atoms with Crippen molar-refractivity contribution in [3.05, 3.63) is 35.4 Å². The second-order valence-electron chi connectivity index (χ2n) is 7.26. The second-order valence-corrected chi connectivity index (χ2v) is 7.26. The topological polar surface area (TPSA) is 40.2 Å². The van der Waals surface area contributed by atoms with Gasteiger partial charge >= 0.3 is 0 Å². The van der Waals surface area contributed by atoms with Crippen LogP contribution in [0.15, 0.2) is 18.2 Å². The molecule has 0 N–H and O–H groups in total. The summed E-state index contributed by atoms with van der Waals surface area (Å²) in [6.07, 6.45) is 4.44. The molecule has 3 aliphatic rings. The van der Waals surface area contributed by atoms with Crippen LogP contribution in [0.1, 0.15) is 37.5 Å². The fraction of sp³-hybridized carbons (Fsp3) is 0.684. The molecule has 4 nitrogen and oxygen atoms in total. The minimum absolute atomic E-state index is 0.325. The Kier molecular flexibility index (Phi) is 5.31. The number of hydrogen-bond donors (Lipinski definition) is 0. The first-order valence-corrected chi connectivity index (χ1v) is 9.10. The first kappa shape index (κ1) is 17.3. The molecule has 1 unspecified atom stereocenters. The fourth-order valence-corrected chi connectivity index (χ4v) is 3.78. The minimum atomic E-state index is -0.873. The highest BCUT2D eigenvalue weighted by Gasteiger charge is 2.33. The molecule has 1 aromatic carbocycles. The Morgan fingerprint density at radius 1 is 0.880 bits per heavy atom. The number of rotatable bonds is 5. The molecule has 0 radical (unpaired) electrons. The summed E-state index contributed by atoms with van der Waals surface area (Å²) in [5, 5.41) is 0. The summed E-state index contributed by atoms with van der Waals surface area (Å²) in [5.41, 5.74) is 0.525. The van der Waals surface area contributed by atoms with Gasteiger partial charge in [-0.3, -0.25) is 0 Å². The van der Waals surface area contributed by atoms with Crippen LogP contribution in [0.5, 0.6) is 0 Å². The Morgan fingerprint density at radius 2 is 1.60 bits per heavy atom. The number of epoxide rings is 1. The molecule has 25 heavy (non-hydrogen) atoms. The Labute approximate surface area is 146 Å². The number of halogens is 2. The van der Waals surface area contributed by atoms with Crippen molar-refractivity contribution in [3.63, 3.8) is 0 Å². The van der Waals surface area contributed by atoms with Gasteiger partial charge in [-0.25, -0.2) is 8.78 Å². The molecule has 0 bridgehead atoms. The molecule has 2 heterocycles. The van der Waals surface area contributed by atoms with Crippen LogP contribution in [0, 0.1) is 23.5 Å². The van der Waals surface area contributed by atoms with E-state index in [0.29, 0.717) is 42.8 Å². The molecule has 2 saturated heterocycles. The van der Waals surface area contributed by atoms with E-state index in [1.54, 1.807) is 0 Å². The molecule has 4 rings (SSSR count). The van der Waals surface area contributed by atoms with Gasteiger partial charge in [-0.1, -0.05) is 6.07 Å². The third kappa shape index (κ3) is 4.37. The number of hydrogen-bond acceptors (Lipinski definition) is 4. The van der Waals surface area contributed by atoms with Gasteiger partial charge in [-0.2, -0.15) is 0 Å². The van der Waals surface area contributed by atoms with E-state index in [9.17, 15) is 8.78 Å². The summed E-state index contributed by atoms with van der Waals surface area (Å²) in [6.45, 7) is 2.75. The average Bonchev–Trinajstić information content (AvgIpc) is 3.47. The third-order valence-electron chi connectivity index (χ3n) is 5.44. The lowest BCUT2D eigenvalue weighted by atomic mass is 9.79. The van der Waals surface area contributed by atoms with E-state index in [2.05, 4.69) is 0 Å². The highest BCUT2D eigenvalue weighted by molar-refractivity contribution is 5.19. The summed E-state index contributed by atoms with van der Waals surface area (Å²) in [5.74, 6) is -0.802. The van der Waals surface area contributed by atoms with Crippen LogP contribution in [0.3, 0.4) is 0 Å². The molecular weight excluding hydrogens is 330 g/mol. The van der Waals surface area contributed by atoms with Crippen molar-refractivity contribution >= 4 is 0 Å². The van der Waals surface area contributed by atoms with Crippen molar-refractivity contribution in [1.29, 1.82) is 0 Å². The molecule has 1 saturated carbocycles. The van der Waals surface area contributed by atoms with E-state index in [1.807, 2.05) is 0 Å². The second kappa shape index (κ2) is 7.66. The van der Waals surface area contributed by atoms with Crippen LogP contribution in [0.25, 0.3) is 0 Å². The zero-order valence-corrected chi connectivity index (χ0v) is 14.2. The van der Waals surface area contributed by atoms with Crippen molar-refractivity contribution in [2.45, 2.75) is 44.2 Å². The van der Waals surface area contributed by atoms with Crippen molar-refractivity contribution in [1.82, 2.24) is 0 Å². The molecule has 1 aliphatic carbocycles. The van der Waals surface area contributed by atoms with E-state index in [0.717, 1.165) is 51.0 Å². The standard InChI is InChI=1S/C19H24F2O4/c20-17-6-3-13(7-18(17)21)19-24-8-14(9-25-19)12-1-4-15(5-2-12)22-10-16-11-23-16/h3,6-7,12,14-16,19H,1-2,4-5,8-11H2. The van der Waals surface area contributed by atoms with Crippen LogP contribution in [0.2, 0.25) is 0 Å². The molecule has 0 amide bonds. The van der Waals surface area contributed by atoms with Crippen LogP contribution in [0.4, 0.5) is 8.78 Å². The normalized spacial score (nSPS) is 35.5. The first-order valence-electron chi connectivity index (χ1n) is 9.10. The lowest BCUT2D eigenvalue weighted by molar-refractivity contribution is -0.215. The van der Waals surface area contributed by atoms with Crippen molar-refractivity contribution in [2.24, 2.45) is 11.8 Å². The van der Waals surface area contributed by atoms with Gasteiger partial charge in [0.25, 0.3) is 0 Å². The molecule has 3 fully saturated rings. The molecule has 1 aromatic rings. The number of ether oxygens (including phenoxy) is 4. The Balaban J connectivity index is 1.22. The van der Waals surface area contributed by atoms with Crippen molar-refractivity contribution in [2.75, 3.05) is 26.4 Å². The van der Waals surface area contributed by atoms with Gasteiger partial charge in [0.05, 0.1) is 32.5 Å². The SMILES string of the molecule is Fc1ccc(C2OCC(C3CCC(OCC4CO4)CC3)CO2)cc1F. The smallest absolute Gasteiger partial charge is 0.183 e. The van der Waals surface area contributed by atoms with E-state index >= 15 is 0 Å². The maximum atomic E-state index is 13.3. The Hall–Kier alpha value is -1.08. The van der Waals surface area contributed by atoms with Crippen molar-refractivity contribution < 1.29 is 27.7 Å². The molecule has 138 valence electrons. The van der Waals surface area contributed by atoms with Gasteiger partial charge < -0.3 is 18.9 Å². The highest BCUT2D eigenvalue weighted by Crippen LogP contribution is 2.36. The first-order chi connectivity index (χ1) is 12.2.